The van der Waals surface area contributed by atoms with Gasteiger partial charge in [-0.15, -0.1) is 23.5 Å². The maximum absolute atomic E-state index is 2.43. The van der Waals surface area contributed by atoms with Gasteiger partial charge in [0.2, 0.25) is 0 Å². The largest absolute Gasteiger partial charge is 0.108 e. The lowest BCUT2D eigenvalue weighted by Gasteiger charge is -2.29. The first kappa shape index (κ1) is 21.3. The second kappa shape index (κ2) is 9.94. The molecule has 4 aromatic rings. The van der Waals surface area contributed by atoms with Gasteiger partial charge in [-0.1, -0.05) is 93.3 Å². The molecule has 0 saturated carbocycles. The summed E-state index contributed by atoms with van der Waals surface area (Å²) in [6, 6.07) is 31.1. The Kier molecular flexibility index (Phi) is 7.07. The van der Waals surface area contributed by atoms with Gasteiger partial charge in [0, 0.05) is 9.79 Å². The zero-order valence-corrected chi connectivity index (χ0v) is 19.6. The first-order chi connectivity index (χ1) is 14.6. The third-order valence-electron chi connectivity index (χ3n) is 5.59. The van der Waals surface area contributed by atoms with E-state index in [1.807, 2.05) is 23.5 Å². The van der Waals surface area contributed by atoms with Gasteiger partial charge in [-0.2, -0.15) is 0 Å². The summed E-state index contributed by atoms with van der Waals surface area (Å²) >= 11 is 4.05. The SMILES string of the molecule is CCCCCCC(C)(Sc1ccc2ccccc2c1)Sc1ccc2ccccc2c1. The molecular formula is C28H30S2. The van der Waals surface area contributed by atoms with Crippen molar-refractivity contribution in [1.29, 1.82) is 0 Å². The van der Waals surface area contributed by atoms with Gasteiger partial charge in [0.15, 0.2) is 0 Å². The van der Waals surface area contributed by atoms with Crippen molar-refractivity contribution in [3.05, 3.63) is 84.9 Å². The first-order valence-corrected chi connectivity index (χ1v) is 12.6. The fourth-order valence-corrected chi connectivity index (χ4v) is 6.83. The molecule has 0 atom stereocenters. The number of unbranched alkanes of at least 4 members (excludes halogenated alkanes) is 3. The smallest absolute Gasteiger partial charge is 0.0677 e. The summed E-state index contributed by atoms with van der Waals surface area (Å²) in [6.07, 6.45) is 6.43. The lowest BCUT2D eigenvalue weighted by molar-refractivity contribution is 0.616. The van der Waals surface area contributed by atoms with Crippen LogP contribution in [0.3, 0.4) is 0 Å². The van der Waals surface area contributed by atoms with Crippen molar-refractivity contribution in [2.45, 2.75) is 59.8 Å². The minimum Gasteiger partial charge on any atom is -0.108 e. The van der Waals surface area contributed by atoms with E-state index >= 15 is 0 Å². The van der Waals surface area contributed by atoms with E-state index in [2.05, 4.69) is 98.8 Å². The molecule has 0 aliphatic heterocycles. The van der Waals surface area contributed by atoms with Crippen LogP contribution in [-0.4, -0.2) is 4.08 Å². The van der Waals surface area contributed by atoms with Crippen LogP contribution >= 0.6 is 23.5 Å². The molecule has 2 heteroatoms. The average Bonchev–Trinajstić information content (AvgIpc) is 2.76. The van der Waals surface area contributed by atoms with Crippen LogP contribution in [0.2, 0.25) is 0 Å². The highest BCUT2D eigenvalue weighted by molar-refractivity contribution is 8.18. The second-order valence-corrected chi connectivity index (χ2v) is 11.6. The summed E-state index contributed by atoms with van der Waals surface area (Å²) in [5, 5.41) is 5.28. The van der Waals surface area contributed by atoms with E-state index in [9.17, 15) is 0 Å². The van der Waals surface area contributed by atoms with Crippen LogP contribution < -0.4 is 0 Å². The summed E-state index contributed by atoms with van der Waals surface area (Å²) in [5.74, 6) is 0. The van der Waals surface area contributed by atoms with Gasteiger partial charge in [-0.05, 0) is 59.2 Å². The predicted molar refractivity (Wildman–Crippen MR) is 137 cm³/mol. The van der Waals surface area contributed by atoms with E-state index in [0.717, 1.165) is 0 Å². The molecule has 4 rings (SSSR count). The topological polar surface area (TPSA) is 0 Å². The predicted octanol–water partition coefficient (Wildman–Crippen LogP) is 9.56. The molecule has 0 radical (unpaired) electrons. The van der Waals surface area contributed by atoms with Crippen LogP contribution in [0, 0.1) is 0 Å². The van der Waals surface area contributed by atoms with E-state index in [-0.39, 0.29) is 4.08 Å². The van der Waals surface area contributed by atoms with Crippen molar-refractivity contribution < 1.29 is 0 Å². The van der Waals surface area contributed by atoms with E-state index in [1.165, 1.54) is 63.4 Å². The first-order valence-electron chi connectivity index (χ1n) is 11.0. The molecule has 0 amide bonds. The Morgan fingerprint density at radius 1 is 0.600 bits per heavy atom. The molecule has 0 saturated heterocycles. The van der Waals surface area contributed by atoms with Gasteiger partial charge < -0.3 is 0 Å². The van der Waals surface area contributed by atoms with Gasteiger partial charge in [0.1, 0.15) is 0 Å². The normalized spacial score (nSPS) is 11.9. The summed E-state index contributed by atoms with van der Waals surface area (Å²) in [6.45, 7) is 4.71. The molecule has 0 aliphatic carbocycles. The maximum Gasteiger partial charge on any atom is 0.0677 e. The van der Waals surface area contributed by atoms with Crippen LogP contribution in [0.4, 0.5) is 0 Å². The highest BCUT2D eigenvalue weighted by atomic mass is 32.2. The third-order valence-corrected chi connectivity index (χ3v) is 8.34. The second-order valence-electron chi connectivity index (χ2n) is 8.17. The number of rotatable bonds is 9. The highest BCUT2D eigenvalue weighted by Crippen LogP contribution is 2.49. The van der Waals surface area contributed by atoms with Crippen LogP contribution in [0.5, 0.6) is 0 Å². The van der Waals surface area contributed by atoms with E-state index in [0.29, 0.717) is 0 Å². The molecule has 0 aliphatic rings. The Morgan fingerprint density at radius 3 is 1.60 bits per heavy atom. The monoisotopic (exact) mass is 430 g/mol. The zero-order valence-electron chi connectivity index (χ0n) is 17.9. The number of thioether (sulfide) groups is 2. The summed E-state index contributed by atoms with van der Waals surface area (Å²) in [5.41, 5.74) is 0. The maximum atomic E-state index is 2.43. The Bertz CT molecular complexity index is 1030. The van der Waals surface area contributed by atoms with Gasteiger partial charge in [0.25, 0.3) is 0 Å². The zero-order chi connectivity index (χ0) is 20.8. The minimum atomic E-state index is 0.110. The van der Waals surface area contributed by atoms with Crippen LogP contribution in [0.1, 0.15) is 46.0 Å². The highest BCUT2D eigenvalue weighted by Gasteiger charge is 2.27. The molecule has 0 aromatic heterocycles. The van der Waals surface area contributed by atoms with Crippen molar-refractivity contribution in [3.8, 4) is 0 Å². The third kappa shape index (κ3) is 5.42. The van der Waals surface area contributed by atoms with Gasteiger partial charge in [0.05, 0.1) is 4.08 Å². The van der Waals surface area contributed by atoms with Crippen molar-refractivity contribution >= 4 is 45.1 Å². The molecule has 0 nitrogen and oxygen atoms in total. The quantitative estimate of drug-likeness (QED) is 0.147. The van der Waals surface area contributed by atoms with Gasteiger partial charge >= 0.3 is 0 Å². The average molecular weight is 431 g/mol. The van der Waals surface area contributed by atoms with E-state index < -0.39 is 0 Å². The van der Waals surface area contributed by atoms with Gasteiger partial charge in [-0.25, -0.2) is 0 Å². The van der Waals surface area contributed by atoms with Crippen molar-refractivity contribution in [3.63, 3.8) is 0 Å². The Labute approximate surface area is 189 Å². The van der Waals surface area contributed by atoms with Crippen molar-refractivity contribution in [1.82, 2.24) is 0 Å². The molecule has 0 spiro atoms. The Hall–Kier alpha value is -1.90. The molecule has 4 aromatic carbocycles. The summed E-state index contributed by atoms with van der Waals surface area (Å²) < 4.78 is 0.110. The number of hydrogen-bond donors (Lipinski definition) is 0. The molecule has 0 bridgehead atoms. The molecule has 0 heterocycles. The van der Waals surface area contributed by atoms with Crippen molar-refractivity contribution in [2.24, 2.45) is 0 Å². The lowest BCUT2D eigenvalue weighted by Crippen LogP contribution is -2.14. The fourth-order valence-electron chi connectivity index (χ4n) is 3.96. The molecular weight excluding hydrogens is 400 g/mol. The summed E-state index contributed by atoms with van der Waals surface area (Å²) in [4.78, 5) is 2.72. The number of fused-ring (bicyclic) bond motifs is 2. The van der Waals surface area contributed by atoms with Crippen LogP contribution in [0.15, 0.2) is 94.7 Å². The number of hydrogen-bond acceptors (Lipinski definition) is 2. The van der Waals surface area contributed by atoms with E-state index in [1.54, 1.807) is 0 Å². The molecule has 154 valence electrons. The van der Waals surface area contributed by atoms with Crippen LogP contribution in [0.25, 0.3) is 21.5 Å². The molecule has 0 unspecified atom stereocenters. The Balaban J connectivity index is 1.58. The molecule has 0 fully saturated rings. The van der Waals surface area contributed by atoms with Crippen molar-refractivity contribution in [2.75, 3.05) is 0 Å². The standard InChI is InChI=1S/C28H30S2/c1-3-4-5-10-19-28(2,29-26-17-15-22-11-6-8-13-24(22)20-26)30-27-18-16-23-12-7-9-14-25(23)21-27/h6-9,11-18,20-21H,3-5,10,19H2,1-2H3. The number of benzene rings is 4. The van der Waals surface area contributed by atoms with Crippen LogP contribution in [-0.2, 0) is 0 Å². The minimum absolute atomic E-state index is 0.110. The summed E-state index contributed by atoms with van der Waals surface area (Å²) in [7, 11) is 0. The molecule has 0 N–H and O–H groups in total. The molecule has 30 heavy (non-hydrogen) atoms. The Morgan fingerprint density at radius 2 is 1.10 bits per heavy atom. The van der Waals surface area contributed by atoms with Gasteiger partial charge in [-0.3, -0.25) is 0 Å². The lowest BCUT2D eigenvalue weighted by atomic mass is 10.1. The fraction of sp³-hybridized carbons (Fsp3) is 0.286. The van der Waals surface area contributed by atoms with E-state index in [4.69, 9.17) is 0 Å².